The fraction of sp³-hybridized carbons (Fsp3) is 0.571. The number of likely N-dealkylation sites (N-methyl/N-ethyl adjacent to an activating group) is 1. The van der Waals surface area contributed by atoms with Crippen LogP contribution in [-0.2, 0) is 6.54 Å². The van der Waals surface area contributed by atoms with Gasteiger partial charge in [0, 0.05) is 23.6 Å². The zero-order chi connectivity index (χ0) is 13.7. The summed E-state index contributed by atoms with van der Waals surface area (Å²) in [4.78, 5) is 2.18. The lowest BCUT2D eigenvalue weighted by molar-refractivity contribution is 0.288. The summed E-state index contributed by atoms with van der Waals surface area (Å²) in [6, 6.07) is 5.25. The molecule has 1 aromatic carbocycles. The molecule has 0 aliphatic rings. The zero-order valence-corrected chi connectivity index (χ0v) is 13.1. The lowest BCUT2D eigenvalue weighted by Gasteiger charge is -2.26. The molecule has 4 heteroatoms. The SMILES string of the molecule is CC(C)C(CN(C)C)NCc1ccc(F)cc1Br. The van der Waals surface area contributed by atoms with Crippen molar-refractivity contribution < 1.29 is 4.39 Å². The second kappa shape index (κ2) is 7.22. The van der Waals surface area contributed by atoms with Gasteiger partial charge in [0.15, 0.2) is 0 Å². The maximum atomic E-state index is 13.0. The highest BCUT2D eigenvalue weighted by molar-refractivity contribution is 9.10. The second-order valence-corrected chi connectivity index (χ2v) is 6.08. The molecular weight excluding hydrogens is 295 g/mol. The third-order valence-electron chi connectivity index (χ3n) is 2.94. The van der Waals surface area contributed by atoms with E-state index in [4.69, 9.17) is 0 Å². The number of halogens is 2. The molecule has 0 saturated carbocycles. The van der Waals surface area contributed by atoms with E-state index in [-0.39, 0.29) is 5.82 Å². The first kappa shape index (κ1) is 15.6. The monoisotopic (exact) mass is 316 g/mol. The van der Waals surface area contributed by atoms with Gasteiger partial charge in [-0.3, -0.25) is 0 Å². The van der Waals surface area contributed by atoms with Gasteiger partial charge < -0.3 is 10.2 Å². The summed E-state index contributed by atoms with van der Waals surface area (Å²) in [6.45, 7) is 6.16. The Kier molecular flexibility index (Phi) is 6.26. The van der Waals surface area contributed by atoms with Gasteiger partial charge in [0.05, 0.1) is 0 Å². The lowest BCUT2D eigenvalue weighted by Crippen LogP contribution is -2.41. The van der Waals surface area contributed by atoms with E-state index in [9.17, 15) is 4.39 Å². The number of hydrogen-bond donors (Lipinski definition) is 1. The van der Waals surface area contributed by atoms with Gasteiger partial charge in [-0.1, -0.05) is 35.8 Å². The summed E-state index contributed by atoms with van der Waals surface area (Å²) in [6.07, 6.45) is 0. The Labute approximate surface area is 118 Å². The van der Waals surface area contributed by atoms with Crippen molar-refractivity contribution in [2.45, 2.75) is 26.4 Å². The van der Waals surface area contributed by atoms with Crippen molar-refractivity contribution in [1.29, 1.82) is 0 Å². The van der Waals surface area contributed by atoms with E-state index in [1.54, 1.807) is 0 Å². The average molecular weight is 317 g/mol. The van der Waals surface area contributed by atoms with Crippen LogP contribution in [0.15, 0.2) is 22.7 Å². The molecule has 0 radical (unpaired) electrons. The largest absolute Gasteiger partial charge is 0.308 e. The topological polar surface area (TPSA) is 15.3 Å². The first-order valence-corrected chi connectivity index (χ1v) is 7.01. The maximum Gasteiger partial charge on any atom is 0.124 e. The average Bonchev–Trinajstić information content (AvgIpc) is 2.25. The highest BCUT2D eigenvalue weighted by atomic mass is 79.9. The number of nitrogens with one attached hydrogen (secondary N) is 1. The van der Waals surface area contributed by atoms with Crippen molar-refractivity contribution >= 4 is 15.9 Å². The number of hydrogen-bond acceptors (Lipinski definition) is 2. The van der Waals surface area contributed by atoms with Gasteiger partial charge in [-0.05, 0) is 37.7 Å². The summed E-state index contributed by atoms with van der Waals surface area (Å²) < 4.78 is 13.8. The molecule has 1 atom stereocenters. The minimum absolute atomic E-state index is 0.209. The van der Waals surface area contributed by atoms with Gasteiger partial charge in [-0.15, -0.1) is 0 Å². The molecule has 0 aromatic heterocycles. The Hall–Kier alpha value is -0.450. The summed E-state index contributed by atoms with van der Waals surface area (Å²) in [5.74, 6) is 0.353. The van der Waals surface area contributed by atoms with Crippen molar-refractivity contribution in [2.75, 3.05) is 20.6 Å². The number of rotatable bonds is 6. The van der Waals surface area contributed by atoms with Gasteiger partial charge in [0.25, 0.3) is 0 Å². The predicted molar refractivity (Wildman–Crippen MR) is 78.1 cm³/mol. The molecule has 0 heterocycles. The minimum atomic E-state index is -0.209. The summed E-state index contributed by atoms with van der Waals surface area (Å²) >= 11 is 3.39. The minimum Gasteiger partial charge on any atom is -0.308 e. The Morgan fingerprint density at radius 1 is 1.33 bits per heavy atom. The molecule has 0 spiro atoms. The standard InChI is InChI=1S/C14H22BrFN2/c1-10(2)14(9-18(3)4)17-8-11-5-6-12(16)7-13(11)15/h5-7,10,14,17H,8-9H2,1-4H3. The van der Waals surface area contributed by atoms with Crippen LogP contribution < -0.4 is 5.32 Å². The van der Waals surface area contributed by atoms with Crippen LogP contribution in [0.1, 0.15) is 19.4 Å². The summed E-state index contributed by atoms with van der Waals surface area (Å²) in [5.41, 5.74) is 1.08. The Morgan fingerprint density at radius 2 is 2.00 bits per heavy atom. The normalized spacial score (nSPS) is 13.3. The van der Waals surface area contributed by atoms with Crippen LogP contribution in [0.4, 0.5) is 4.39 Å². The molecule has 0 amide bonds. The molecule has 0 saturated heterocycles. The predicted octanol–water partition coefficient (Wildman–Crippen LogP) is 3.26. The van der Waals surface area contributed by atoms with Crippen molar-refractivity contribution in [3.63, 3.8) is 0 Å². The van der Waals surface area contributed by atoms with E-state index in [0.717, 1.165) is 23.1 Å². The molecule has 0 aliphatic heterocycles. The Morgan fingerprint density at radius 3 is 2.50 bits per heavy atom. The van der Waals surface area contributed by atoms with E-state index in [1.807, 2.05) is 6.07 Å². The van der Waals surface area contributed by atoms with Crippen LogP contribution in [-0.4, -0.2) is 31.6 Å². The second-order valence-electron chi connectivity index (χ2n) is 5.23. The summed E-state index contributed by atoms with van der Waals surface area (Å²) in [5, 5.41) is 3.53. The van der Waals surface area contributed by atoms with E-state index in [0.29, 0.717) is 12.0 Å². The molecule has 1 N–H and O–H groups in total. The van der Waals surface area contributed by atoms with Gasteiger partial charge in [-0.2, -0.15) is 0 Å². The molecule has 1 rings (SSSR count). The fourth-order valence-corrected chi connectivity index (χ4v) is 2.30. The van der Waals surface area contributed by atoms with Crippen molar-refractivity contribution in [3.8, 4) is 0 Å². The van der Waals surface area contributed by atoms with Crippen LogP contribution in [0.25, 0.3) is 0 Å². The van der Waals surface area contributed by atoms with E-state index < -0.39 is 0 Å². The zero-order valence-electron chi connectivity index (χ0n) is 11.5. The number of benzene rings is 1. The highest BCUT2D eigenvalue weighted by Gasteiger charge is 2.14. The molecule has 102 valence electrons. The summed E-state index contributed by atoms with van der Waals surface area (Å²) in [7, 11) is 4.15. The van der Waals surface area contributed by atoms with E-state index in [2.05, 4.69) is 54.1 Å². The van der Waals surface area contributed by atoms with Crippen molar-refractivity contribution in [3.05, 3.63) is 34.1 Å². The first-order chi connectivity index (χ1) is 8.40. The molecule has 1 aromatic rings. The molecule has 2 nitrogen and oxygen atoms in total. The van der Waals surface area contributed by atoms with Gasteiger partial charge >= 0.3 is 0 Å². The molecule has 1 unspecified atom stereocenters. The first-order valence-electron chi connectivity index (χ1n) is 6.22. The van der Waals surface area contributed by atoms with Crippen molar-refractivity contribution in [2.24, 2.45) is 5.92 Å². The Bertz CT molecular complexity index is 380. The fourth-order valence-electron chi connectivity index (χ4n) is 1.81. The van der Waals surface area contributed by atoms with Crippen LogP contribution in [0.2, 0.25) is 0 Å². The van der Waals surface area contributed by atoms with E-state index in [1.165, 1.54) is 12.1 Å². The van der Waals surface area contributed by atoms with E-state index >= 15 is 0 Å². The van der Waals surface area contributed by atoms with Crippen LogP contribution in [0.3, 0.4) is 0 Å². The Balaban J connectivity index is 2.61. The number of nitrogens with zero attached hydrogens (tertiary/aromatic N) is 1. The molecule has 0 bridgehead atoms. The van der Waals surface area contributed by atoms with Gasteiger partial charge in [-0.25, -0.2) is 4.39 Å². The highest BCUT2D eigenvalue weighted by Crippen LogP contribution is 2.18. The van der Waals surface area contributed by atoms with Gasteiger partial charge in [0.2, 0.25) is 0 Å². The van der Waals surface area contributed by atoms with Crippen LogP contribution in [0, 0.1) is 11.7 Å². The third kappa shape index (κ3) is 5.04. The van der Waals surface area contributed by atoms with Crippen LogP contribution in [0.5, 0.6) is 0 Å². The molecular formula is C14H22BrFN2. The quantitative estimate of drug-likeness (QED) is 0.866. The molecule has 0 fully saturated rings. The smallest absolute Gasteiger partial charge is 0.124 e. The molecule has 18 heavy (non-hydrogen) atoms. The van der Waals surface area contributed by atoms with Gasteiger partial charge in [0.1, 0.15) is 5.82 Å². The van der Waals surface area contributed by atoms with Crippen LogP contribution >= 0.6 is 15.9 Å². The maximum absolute atomic E-state index is 13.0. The third-order valence-corrected chi connectivity index (χ3v) is 3.67. The molecule has 0 aliphatic carbocycles. The van der Waals surface area contributed by atoms with Crippen molar-refractivity contribution in [1.82, 2.24) is 10.2 Å². The lowest BCUT2D eigenvalue weighted by atomic mass is 10.0.